The maximum Gasteiger partial charge on any atom is 0.160 e. The average Bonchev–Trinajstić information content (AvgIpc) is 3.57. The van der Waals surface area contributed by atoms with Gasteiger partial charge in [0.2, 0.25) is 0 Å². The average molecular weight is 731 g/mol. The van der Waals surface area contributed by atoms with Crippen molar-refractivity contribution in [3.8, 4) is 67.3 Å². The van der Waals surface area contributed by atoms with E-state index in [1.165, 1.54) is 59.9 Å². The molecule has 0 unspecified atom stereocenters. The van der Waals surface area contributed by atoms with Gasteiger partial charge in [-0.25, -0.2) is 9.97 Å². The normalized spacial score (nSPS) is 13.1. The Morgan fingerprint density at radius 2 is 0.786 bits per heavy atom. The van der Waals surface area contributed by atoms with Crippen LogP contribution in [0.1, 0.15) is 22.3 Å². The molecule has 0 saturated carbocycles. The molecule has 0 amide bonds. The Labute approximate surface area is 331 Å². The van der Waals surface area contributed by atoms with Gasteiger partial charge in [0, 0.05) is 26.5 Å². The van der Waals surface area contributed by atoms with Gasteiger partial charge in [-0.05, 0) is 67.8 Å². The van der Waals surface area contributed by atoms with E-state index in [1.54, 1.807) is 0 Å². The summed E-state index contributed by atoms with van der Waals surface area (Å²) in [6.45, 7) is 0. The van der Waals surface area contributed by atoms with Gasteiger partial charge in [-0.2, -0.15) is 0 Å². The Morgan fingerprint density at radius 3 is 1.45 bits per heavy atom. The molecule has 0 bridgehead atoms. The summed E-state index contributed by atoms with van der Waals surface area (Å²) in [5.41, 5.74) is 17.4. The molecule has 0 N–H and O–H groups in total. The van der Waals surface area contributed by atoms with Gasteiger partial charge >= 0.3 is 0 Å². The third-order valence-electron chi connectivity index (χ3n) is 11.4. The van der Waals surface area contributed by atoms with Crippen LogP contribution in [-0.2, 0) is 5.41 Å². The van der Waals surface area contributed by atoms with E-state index in [2.05, 4.69) is 182 Å². The molecule has 0 saturated heterocycles. The van der Waals surface area contributed by atoms with E-state index in [1.807, 2.05) is 36.0 Å². The molecule has 56 heavy (non-hydrogen) atoms. The van der Waals surface area contributed by atoms with Crippen molar-refractivity contribution in [2.45, 2.75) is 15.2 Å². The number of hydrogen-bond acceptors (Lipinski definition) is 3. The summed E-state index contributed by atoms with van der Waals surface area (Å²) in [7, 11) is 0. The lowest BCUT2D eigenvalue weighted by molar-refractivity contribution is 0.723. The number of benzene rings is 8. The highest BCUT2D eigenvalue weighted by Crippen LogP contribution is 2.63. The van der Waals surface area contributed by atoms with Crippen LogP contribution < -0.4 is 0 Å². The first-order valence-corrected chi connectivity index (χ1v) is 19.9. The quantitative estimate of drug-likeness (QED) is 0.176. The molecule has 2 aliphatic rings. The first kappa shape index (κ1) is 32.6. The second-order valence-electron chi connectivity index (χ2n) is 14.4. The Morgan fingerprint density at radius 1 is 0.321 bits per heavy atom. The molecule has 8 aromatic carbocycles. The lowest BCUT2D eigenvalue weighted by Gasteiger charge is -2.40. The molecule has 0 radical (unpaired) electrons. The first-order chi connectivity index (χ1) is 27.8. The standard InChI is InChI=1S/C53H34N2S/c1-3-16-36(17-4-1)48-34-49(55-52(54-48)38-18-5-2-6-19-38)37-32-30-35(31-33-37)39-20-7-8-21-40(39)43-24-15-28-47-51(43)56-50-29-14-13-27-46(50)53(47)44-25-11-9-22-41(44)42-23-10-12-26-45(42)53/h1-34H. The van der Waals surface area contributed by atoms with Crippen LogP contribution in [0.15, 0.2) is 216 Å². The van der Waals surface area contributed by atoms with Crippen molar-refractivity contribution in [2.24, 2.45) is 0 Å². The molecule has 1 spiro atoms. The predicted molar refractivity (Wildman–Crippen MR) is 231 cm³/mol. The van der Waals surface area contributed by atoms with Crippen LogP contribution in [0.25, 0.3) is 67.3 Å². The number of hydrogen-bond donors (Lipinski definition) is 0. The zero-order chi connectivity index (χ0) is 37.1. The van der Waals surface area contributed by atoms with Crippen LogP contribution in [-0.4, -0.2) is 9.97 Å². The highest BCUT2D eigenvalue weighted by molar-refractivity contribution is 7.99. The summed E-state index contributed by atoms with van der Waals surface area (Å²) in [5.74, 6) is 0.717. The van der Waals surface area contributed by atoms with E-state index in [0.29, 0.717) is 0 Å². The molecule has 9 aromatic rings. The summed E-state index contributed by atoms with van der Waals surface area (Å²) in [5, 5.41) is 0. The summed E-state index contributed by atoms with van der Waals surface area (Å²) in [6.07, 6.45) is 0. The second kappa shape index (κ2) is 13.2. The van der Waals surface area contributed by atoms with Crippen molar-refractivity contribution in [3.05, 3.63) is 229 Å². The van der Waals surface area contributed by atoms with Gasteiger partial charge in [-0.15, -0.1) is 0 Å². The summed E-state index contributed by atoms with van der Waals surface area (Å²) < 4.78 is 0. The van der Waals surface area contributed by atoms with E-state index in [-0.39, 0.29) is 0 Å². The Bertz CT molecular complexity index is 2830. The Kier molecular flexibility index (Phi) is 7.68. The number of fused-ring (bicyclic) bond motifs is 9. The Balaban J connectivity index is 1.05. The molecule has 1 aromatic heterocycles. The molecule has 3 heteroatoms. The minimum absolute atomic E-state index is 0.411. The number of rotatable bonds is 5. The van der Waals surface area contributed by atoms with Crippen LogP contribution in [0.2, 0.25) is 0 Å². The van der Waals surface area contributed by atoms with Gasteiger partial charge in [-0.1, -0.05) is 206 Å². The number of nitrogens with zero attached hydrogens (tertiary/aromatic N) is 2. The van der Waals surface area contributed by atoms with Crippen LogP contribution in [0.5, 0.6) is 0 Å². The van der Waals surface area contributed by atoms with Gasteiger partial charge in [0.1, 0.15) is 0 Å². The van der Waals surface area contributed by atoms with Crippen molar-refractivity contribution in [3.63, 3.8) is 0 Å². The fraction of sp³-hybridized carbons (Fsp3) is 0.0189. The molecule has 262 valence electrons. The lowest BCUT2D eigenvalue weighted by atomic mass is 9.67. The van der Waals surface area contributed by atoms with Crippen molar-refractivity contribution in [1.82, 2.24) is 9.97 Å². The summed E-state index contributed by atoms with van der Waals surface area (Å²) in [6, 6.07) is 74.4. The van der Waals surface area contributed by atoms with Gasteiger partial charge in [0.15, 0.2) is 5.82 Å². The fourth-order valence-electron chi connectivity index (χ4n) is 8.95. The topological polar surface area (TPSA) is 25.8 Å². The van der Waals surface area contributed by atoms with E-state index in [0.717, 1.165) is 39.5 Å². The monoisotopic (exact) mass is 730 g/mol. The predicted octanol–water partition coefficient (Wildman–Crippen LogP) is 13.6. The largest absolute Gasteiger partial charge is 0.228 e. The van der Waals surface area contributed by atoms with Gasteiger partial charge in [0.25, 0.3) is 0 Å². The van der Waals surface area contributed by atoms with Crippen LogP contribution in [0.4, 0.5) is 0 Å². The molecule has 0 fully saturated rings. The van der Waals surface area contributed by atoms with Crippen LogP contribution >= 0.6 is 11.8 Å². The molecule has 2 heterocycles. The van der Waals surface area contributed by atoms with Gasteiger partial charge in [0.05, 0.1) is 16.8 Å². The molecule has 11 rings (SSSR count). The van der Waals surface area contributed by atoms with Crippen LogP contribution in [0.3, 0.4) is 0 Å². The summed E-state index contributed by atoms with van der Waals surface area (Å²) >= 11 is 1.90. The van der Waals surface area contributed by atoms with Crippen molar-refractivity contribution in [1.29, 1.82) is 0 Å². The third-order valence-corrected chi connectivity index (χ3v) is 12.6. The highest BCUT2D eigenvalue weighted by atomic mass is 32.2. The number of aromatic nitrogens is 2. The van der Waals surface area contributed by atoms with Crippen molar-refractivity contribution in [2.75, 3.05) is 0 Å². The Hall–Kier alpha value is -6.81. The van der Waals surface area contributed by atoms with E-state index >= 15 is 0 Å². The minimum atomic E-state index is -0.411. The highest BCUT2D eigenvalue weighted by Gasteiger charge is 2.50. The third kappa shape index (κ3) is 5.05. The van der Waals surface area contributed by atoms with Crippen molar-refractivity contribution < 1.29 is 0 Å². The maximum absolute atomic E-state index is 5.09. The molecule has 1 aliphatic carbocycles. The molecular weight excluding hydrogens is 697 g/mol. The minimum Gasteiger partial charge on any atom is -0.228 e. The van der Waals surface area contributed by atoms with E-state index in [9.17, 15) is 0 Å². The lowest BCUT2D eigenvalue weighted by Crippen LogP contribution is -2.32. The zero-order valence-electron chi connectivity index (χ0n) is 30.4. The summed E-state index contributed by atoms with van der Waals surface area (Å²) in [4.78, 5) is 12.7. The molecule has 0 atom stereocenters. The first-order valence-electron chi connectivity index (χ1n) is 19.1. The maximum atomic E-state index is 5.09. The molecule has 1 aliphatic heterocycles. The zero-order valence-corrected chi connectivity index (χ0v) is 31.2. The van der Waals surface area contributed by atoms with E-state index in [4.69, 9.17) is 9.97 Å². The second-order valence-corrected chi connectivity index (χ2v) is 15.5. The molecule has 2 nitrogen and oxygen atoms in total. The van der Waals surface area contributed by atoms with Gasteiger partial charge < -0.3 is 0 Å². The molecular formula is C53H34N2S. The van der Waals surface area contributed by atoms with Crippen LogP contribution in [0, 0.1) is 0 Å². The SMILES string of the molecule is c1ccc(-c2cc(-c3ccc(-c4ccccc4-c4cccc5c4Sc4ccccc4C54c5ccccc5-c5ccccc54)cc3)nc(-c3ccccc3)n2)cc1. The van der Waals surface area contributed by atoms with Crippen molar-refractivity contribution >= 4 is 11.8 Å². The van der Waals surface area contributed by atoms with E-state index < -0.39 is 5.41 Å². The smallest absolute Gasteiger partial charge is 0.160 e. The van der Waals surface area contributed by atoms with Gasteiger partial charge in [-0.3, -0.25) is 0 Å². The fourth-order valence-corrected chi connectivity index (χ4v) is 10.3.